The highest BCUT2D eigenvalue weighted by Crippen LogP contribution is 2.43. The lowest BCUT2D eigenvalue weighted by atomic mass is 9.78. The molecule has 3 rings (SSSR count). The molecule has 4 heteroatoms. The van der Waals surface area contributed by atoms with E-state index in [-0.39, 0.29) is 0 Å². The Hall–Kier alpha value is 0.1000. The van der Waals surface area contributed by atoms with Gasteiger partial charge in [-0.25, -0.2) is 0 Å². The number of hydrogen-bond acceptors (Lipinski definition) is 3. The van der Waals surface area contributed by atoms with E-state index >= 15 is 0 Å². The van der Waals surface area contributed by atoms with Crippen LogP contribution in [-0.2, 0) is 0 Å². The average Bonchev–Trinajstić information content (AvgIpc) is 2.71. The summed E-state index contributed by atoms with van der Waals surface area (Å²) in [4.78, 5) is 4.25. The molecule has 0 bridgehead atoms. The predicted molar refractivity (Wildman–Crippen MR) is 76.5 cm³/mol. The van der Waals surface area contributed by atoms with Gasteiger partial charge in [-0.15, -0.1) is 11.3 Å². The largest absolute Gasteiger partial charge is 0.314 e. The van der Waals surface area contributed by atoms with Gasteiger partial charge >= 0.3 is 0 Å². The summed E-state index contributed by atoms with van der Waals surface area (Å²) in [7, 11) is 0. The highest BCUT2D eigenvalue weighted by molar-refractivity contribution is 9.10. The summed E-state index contributed by atoms with van der Waals surface area (Å²) < 4.78 is 1.25. The molecule has 1 aromatic heterocycles. The van der Waals surface area contributed by atoms with Crippen molar-refractivity contribution in [1.82, 2.24) is 10.2 Å². The molecule has 1 aliphatic carbocycles. The first kappa shape index (κ1) is 12.2. The van der Waals surface area contributed by atoms with Gasteiger partial charge in [-0.2, -0.15) is 0 Å². The summed E-state index contributed by atoms with van der Waals surface area (Å²) >= 11 is 5.51. The van der Waals surface area contributed by atoms with Gasteiger partial charge in [-0.05, 0) is 40.8 Å². The summed E-state index contributed by atoms with van der Waals surface area (Å²) in [5.41, 5.74) is 0. The lowest BCUT2D eigenvalue weighted by molar-refractivity contribution is 0.0860. The smallest absolute Gasteiger partial charge is 0.0471 e. The number of thiophene rings is 1. The van der Waals surface area contributed by atoms with Gasteiger partial charge in [0.25, 0.3) is 0 Å². The van der Waals surface area contributed by atoms with Crippen LogP contribution < -0.4 is 5.32 Å². The first-order chi connectivity index (χ1) is 8.34. The zero-order valence-electron chi connectivity index (χ0n) is 9.99. The minimum Gasteiger partial charge on any atom is -0.314 e. The number of halogens is 1. The average molecular weight is 315 g/mol. The number of rotatable bonds is 3. The molecule has 1 atom stereocenters. The van der Waals surface area contributed by atoms with Crippen molar-refractivity contribution in [2.75, 3.05) is 26.2 Å². The van der Waals surface area contributed by atoms with Gasteiger partial charge in [0, 0.05) is 47.0 Å². The Kier molecular flexibility index (Phi) is 3.85. The van der Waals surface area contributed by atoms with Crippen LogP contribution in [0, 0.1) is 5.92 Å². The molecule has 17 heavy (non-hydrogen) atoms. The summed E-state index contributed by atoms with van der Waals surface area (Å²) in [6, 6.07) is 3.01. The molecule has 0 radical (unpaired) electrons. The van der Waals surface area contributed by atoms with Gasteiger partial charge in [0.05, 0.1) is 0 Å². The normalized spacial score (nSPS) is 24.5. The zero-order chi connectivity index (χ0) is 11.7. The standard InChI is InChI=1S/C13H19BrN2S/c14-11-8-12(17-9-11)13(10-2-1-3-10)16-6-4-15-5-7-16/h8-10,13,15H,1-7H2/t13-/m1/s1. The van der Waals surface area contributed by atoms with E-state index < -0.39 is 0 Å². The van der Waals surface area contributed by atoms with E-state index in [4.69, 9.17) is 0 Å². The van der Waals surface area contributed by atoms with Crippen LogP contribution in [0.25, 0.3) is 0 Å². The molecule has 1 saturated carbocycles. The Morgan fingerprint density at radius 2 is 2.12 bits per heavy atom. The second kappa shape index (κ2) is 5.39. The van der Waals surface area contributed by atoms with Crippen molar-refractivity contribution in [3.63, 3.8) is 0 Å². The molecule has 0 amide bonds. The third-order valence-corrected chi connectivity index (χ3v) is 5.78. The number of hydrogen-bond donors (Lipinski definition) is 1. The molecule has 2 nitrogen and oxygen atoms in total. The predicted octanol–water partition coefficient (Wildman–Crippen LogP) is 3.26. The molecule has 2 heterocycles. The van der Waals surface area contributed by atoms with E-state index in [1.165, 1.54) is 36.8 Å². The van der Waals surface area contributed by atoms with Crippen molar-refractivity contribution in [2.24, 2.45) is 5.92 Å². The van der Waals surface area contributed by atoms with Crippen LogP contribution >= 0.6 is 27.3 Å². The van der Waals surface area contributed by atoms with Crippen LogP contribution in [0.3, 0.4) is 0 Å². The monoisotopic (exact) mass is 314 g/mol. The third kappa shape index (κ3) is 2.60. The van der Waals surface area contributed by atoms with E-state index in [0.717, 1.165) is 19.0 Å². The van der Waals surface area contributed by atoms with Gasteiger partial charge < -0.3 is 5.32 Å². The summed E-state index contributed by atoms with van der Waals surface area (Å²) in [6.45, 7) is 4.71. The molecule has 0 unspecified atom stereocenters. The molecule has 1 saturated heterocycles. The summed E-state index contributed by atoms with van der Waals surface area (Å²) in [5, 5.41) is 5.68. The van der Waals surface area contributed by atoms with Crippen molar-refractivity contribution in [3.05, 3.63) is 20.8 Å². The van der Waals surface area contributed by atoms with Crippen LogP contribution in [0.2, 0.25) is 0 Å². The van der Waals surface area contributed by atoms with Crippen LogP contribution in [0.5, 0.6) is 0 Å². The molecular weight excluding hydrogens is 296 g/mol. The number of nitrogens with one attached hydrogen (secondary N) is 1. The van der Waals surface area contributed by atoms with Gasteiger partial charge in [0.1, 0.15) is 0 Å². The Bertz CT molecular complexity index is 369. The van der Waals surface area contributed by atoms with Crippen molar-refractivity contribution in [1.29, 1.82) is 0 Å². The lowest BCUT2D eigenvalue weighted by Gasteiger charge is -2.42. The fourth-order valence-corrected chi connectivity index (χ4v) is 4.58. The van der Waals surface area contributed by atoms with Gasteiger partial charge in [-0.1, -0.05) is 6.42 Å². The Balaban J connectivity index is 1.80. The SMILES string of the molecule is Brc1csc([C@@H](C2CCC2)N2CCNCC2)c1. The molecule has 1 N–H and O–H groups in total. The Morgan fingerprint density at radius 1 is 1.35 bits per heavy atom. The third-order valence-electron chi connectivity index (χ3n) is 4.02. The summed E-state index contributed by atoms with van der Waals surface area (Å²) in [5.74, 6) is 0.902. The van der Waals surface area contributed by atoms with E-state index in [0.29, 0.717) is 6.04 Å². The van der Waals surface area contributed by atoms with Crippen molar-refractivity contribution >= 4 is 27.3 Å². The van der Waals surface area contributed by atoms with Gasteiger partial charge in [0.2, 0.25) is 0 Å². The maximum absolute atomic E-state index is 3.59. The first-order valence-corrected chi connectivity index (χ1v) is 8.20. The molecule has 2 fully saturated rings. The van der Waals surface area contributed by atoms with Crippen molar-refractivity contribution < 1.29 is 0 Å². The van der Waals surface area contributed by atoms with E-state index in [2.05, 4.69) is 37.6 Å². The minimum atomic E-state index is 0.683. The molecule has 94 valence electrons. The Labute approximate surface area is 116 Å². The molecule has 1 aromatic rings. The topological polar surface area (TPSA) is 15.3 Å². The number of piperazine rings is 1. The number of nitrogens with zero attached hydrogens (tertiary/aromatic N) is 1. The van der Waals surface area contributed by atoms with E-state index in [9.17, 15) is 0 Å². The van der Waals surface area contributed by atoms with Crippen molar-refractivity contribution in [2.45, 2.75) is 25.3 Å². The first-order valence-electron chi connectivity index (χ1n) is 6.53. The fourth-order valence-electron chi connectivity index (χ4n) is 2.91. The van der Waals surface area contributed by atoms with Crippen LogP contribution in [0.4, 0.5) is 0 Å². The van der Waals surface area contributed by atoms with Crippen LogP contribution in [-0.4, -0.2) is 31.1 Å². The molecular formula is C13H19BrN2S. The second-order valence-corrected chi connectivity index (χ2v) is 6.95. The zero-order valence-corrected chi connectivity index (χ0v) is 12.4. The van der Waals surface area contributed by atoms with Gasteiger partial charge in [0.15, 0.2) is 0 Å². The molecule has 0 spiro atoms. The quantitative estimate of drug-likeness (QED) is 0.921. The van der Waals surface area contributed by atoms with Crippen LogP contribution in [0.1, 0.15) is 30.2 Å². The second-order valence-electron chi connectivity index (χ2n) is 5.09. The summed E-state index contributed by atoms with van der Waals surface area (Å²) in [6.07, 6.45) is 4.27. The van der Waals surface area contributed by atoms with E-state index in [1.54, 1.807) is 4.88 Å². The van der Waals surface area contributed by atoms with Crippen LogP contribution in [0.15, 0.2) is 15.9 Å². The van der Waals surface area contributed by atoms with E-state index in [1.807, 2.05) is 11.3 Å². The maximum Gasteiger partial charge on any atom is 0.0471 e. The molecule has 2 aliphatic rings. The fraction of sp³-hybridized carbons (Fsp3) is 0.692. The van der Waals surface area contributed by atoms with Crippen molar-refractivity contribution in [3.8, 4) is 0 Å². The highest BCUT2D eigenvalue weighted by Gasteiger charge is 2.34. The minimum absolute atomic E-state index is 0.683. The van der Waals surface area contributed by atoms with Gasteiger partial charge in [-0.3, -0.25) is 4.90 Å². The molecule has 1 aliphatic heterocycles. The maximum atomic E-state index is 3.59. The highest BCUT2D eigenvalue weighted by atomic mass is 79.9. The molecule has 0 aromatic carbocycles. The Morgan fingerprint density at radius 3 is 2.65 bits per heavy atom. The lowest BCUT2D eigenvalue weighted by Crippen LogP contribution is -2.47.